The number of phenolic OH excluding ortho intramolecular Hbond substituents is 1. The number of benzene rings is 2. The average molecular weight is 492 g/mol. The van der Waals surface area contributed by atoms with Crippen molar-refractivity contribution in [3.63, 3.8) is 0 Å². The highest BCUT2D eigenvalue weighted by atomic mass is 32.2. The van der Waals surface area contributed by atoms with Gasteiger partial charge in [0.15, 0.2) is 0 Å². The van der Waals surface area contributed by atoms with E-state index in [-0.39, 0.29) is 23.4 Å². The van der Waals surface area contributed by atoms with Gasteiger partial charge in [-0.2, -0.15) is 4.40 Å². The summed E-state index contributed by atoms with van der Waals surface area (Å²) < 4.78 is 24.5. The monoisotopic (exact) mass is 491 g/mol. The van der Waals surface area contributed by atoms with Crippen LogP contribution in [0, 0.1) is 5.92 Å². The van der Waals surface area contributed by atoms with E-state index in [0.717, 1.165) is 12.8 Å². The van der Waals surface area contributed by atoms with Gasteiger partial charge in [-0.3, -0.25) is 14.5 Å². The first-order valence-electron chi connectivity index (χ1n) is 11.3. The summed E-state index contributed by atoms with van der Waals surface area (Å²) in [4.78, 5) is 19.4. The number of piperidine rings is 1. The number of phenols is 1. The highest BCUT2D eigenvalue weighted by Gasteiger charge is 2.27. The molecule has 2 atom stereocenters. The first kappa shape index (κ1) is 22.9. The summed E-state index contributed by atoms with van der Waals surface area (Å²) in [5, 5.41) is 10.1. The van der Waals surface area contributed by atoms with E-state index < -0.39 is 11.2 Å². The molecule has 2 unspecified atom stereocenters. The van der Waals surface area contributed by atoms with Crippen LogP contribution in [-0.4, -0.2) is 50.6 Å². The molecule has 1 saturated heterocycles. The molecule has 3 aromatic rings. The van der Waals surface area contributed by atoms with Gasteiger partial charge < -0.3 is 20.5 Å². The van der Waals surface area contributed by atoms with Crippen LogP contribution in [-0.2, 0) is 11.2 Å². The summed E-state index contributed by atoms with van der Waals surface area (Å²) in [5.74, 6) is 0.930. The molecule has 0 bridgehead atoms. The summed E-state index contributed by atoms with van der Waals surface area (Å²) in [7, 11) is 0. The number of carbonyl (C=O) groups is 1. The number of nitrogens with zero attached hydrogens (tertiary/aromatic N) is 3. The topological polar surface area (TPSA) is 130 Å². The van der Waals surface area contributed by atoms with E-state index >= 15 is 0 Å². The maximum absolute atomic E-state index is 13.3. The zero-order valence-electron chi connectivity index (χ0n) is 18.9. The van der Waals surface area contributed by atoms with Gasteiger partial charge in [-0.25, -0.2) is 4.21 Å². The average Bonchev–Trinajstić information content (AvgIpc) is 2.87. The molecule has 5 rings (SSSR count). The number of nitrogens with one attached hydrogen (secondary N) is 1. The van der Waals surface area contributed by atoms with E-state index in [1.165, 1.54) is 0 Å². The van der Waals surface area contributed by atoms with E-state index in [0.29, 0.717) is 53.5 Å². The lowest BCUT2D eigenvalue weighted by atomic mass is 9.98. The number of aromatic nitrogens is 1. The fourth-order valence-corrected chi connectivity index (χ4v) is 5.10. The number of ether oxygens (including phenoxy) is 1. The van der Waals surface area contributed by atoms with Crippen LogP contribution >= 0.6 is 0 Å². The smallest absolute Gasteiger partial charge is 0.253 e. The van der Waals surface area contributed by atoms with Gasteiger partial charge in [0.25, 0.3) is 5.91 Å². The summed E-state index contributed by atoms with van der Waals surface area (Å²) in [5.41, 5.74) is 8.88. The van der Waals surface area contributed by atoms with Crippen LogP contribution in [0.15, 0.2) is 65.2 Å². The largest absolute Gasteiger partial charge is 0.507 e. The zero-order valence-corrected chi connectivity index (χ0v) is 19.7. The van der Waals surface area contributed by atoms with Gasteiger partial charge in [-0.15, -0.1) is 0 Å². The minimum atomic E-state index is -1.60. The van der Waals surface area contributed by atoms with Gasteiger partial charge >= 0.3 is 0 Å². The van der Waals surface area contributed by atoms with Crippen LogP contribution in [0.1, 0.15) is 28.8 Å². The number of carbonyl (C=O) groups excluding carboxylic acids is 1. The van der Waals surface area contributed by atoms with Crippen LogP contribution in [0.2, 0.25) is 0 Å². The van der Waals surface area contributed by atoms with Crippen molar-refractivity contribution in [2.45, 2.75) is 12.8 Å². The van der Waals surface area contributed by atoms with E-state index in [1.807, 2.05) is 11.0 Å². The Balaban J connectivity index is 1.27. The molecule has 0 radical (unpaired) electrons. The summed E-state index contributed by atoms with van der Waals surface area (Å²) in [6.07, 6.45) is 3.39. The molecule has 0 spiro atoms. The highest BCUT2D eigenvalue weighted by molar-refractivity contribution is 7.85. The van der Waals surface area contributed by atoms with Crippen molar-refractivity contribution in [3.8, 4) is 22.8 Å². The number of nitrogens with two attached hydrogens (primary N) is 1. The van der Waals surface area contributed by atoms with Crippen molar-refractivity contribution in [1.82, 2.24) is 9.88 Å². The van der Waals surface area contributed by atoms with E-state index in [1.54, 1.807) is 54.7 Å². The van der Waals surface area contributed by atoms with Gasteiger partial charge in [0.05, 0.1) is 23.6 Å². The zero-order chi connectivity index (χ0) is 24.4. The predicted octanol–water partition coefficient (Wildman–Crippen LogP) is 3.09. The predicted molar refractivity (Wildman–Crippen MR) is 134 cm³/mol. The Kier molecular flexibility index (Phi) is 6.37. The fraction of sp³-hybridized carbons (Fsp3) is 0.240. The second-order valence-electron chi connectivity index (χ2n) is 8.52. The quantitative estimate of drug-likeness (QED) is 0.503. The van der Waals surface area contributed by atoms with Crippen LogP contribution < -0.4 is 15.2 Å². The van der Waals surface area contributed by atoms with Gasteiger partial charge in [0.2, 0.25) is 11.2 Å². The molecule has 2 aromatic carbocycles. The van der Waals surface area contributed by atoms with E-state index in [2.05, 4.69) is 14.1 Å². The van der Waals surface area contributed by atoms with E-state index in [9.17, 15) is 14.1 Å². The fourth-order valence-electron chi connectivity index (χ4n) is 4.43. The maximum Gasteiger partial charge on any atom is 0.253 e. The van der Waals surface area contributed by atoms with Crippen LogP contribution in [0.25, 0.3) is 11.3 Å². The molecule has 3 heterocycles. The SMILES string of the molecule is NC1=NS(=O)Nc2cccc(OCC3CCCN(C(=O)c4ccnc(-c5ccccc5O)c4)C3)c21. The Morgan fingerprint density at radius 2 is 2.09 bits per heavy atom. The highest BCUT2D eigenvalue weighted by Crippen LogP contribution is 2.31. The Morgan fingerprint density at radius 1 is 1.23 bits per heavy atom. The Hall–Kier alpha value is -3.92. The third-order valence-electron chi connectivity index (χ3n) is 6.13. The minimum absolute atomic E-state index is 0.0751. The van der Waals surface area contributed by atoms with Crippen LogP contribution in [0.3, 0.4) is 0 Å². The first-order chi connectivity index (χ1) is 17.0. The van der Waals surface area contributed by atoms with Crippen LogP contribution in [0.5, 0.6) is 11.5 Å². The van der Waals surface area contributed by atoms with Crippen molar-refractivity contribution in [2.24, 2.45) is 16.0 Å². The number of hydrogen-bond acceptors (Lipinski definition) is 6. The molecule has 4 N–H and O–H groups in total. The normalized spacial score (nSPS) is 19.3. The molecule has 1 aromatic heterocycles. The lowest BCUT2D eigenvalue weighted by Gasteiger charge is -2.33. The minimum Gasteiger partial charge on any atom is -0.507 e. The number of likely N-dealkylation sites (tertiary alicyclic amines) is 1. The summed E-state index contributed by atoms with van der Waals surface area (Å²) >= 11 is -1.60. The van der Waals surface area contributed by atoms with Gasteiger partial charge in [-0.05, 0) is 49.2 Å². The Labute approximate surface area is 205 Å². The number of amidine groups is 1. The molecule has 180 valence electrons. The number of pyridine rings is 1. The number of fused-ring (bicyclic) bond motifs is 1. The maximum atomic E-state index is 13.3. The molecule has 35 heavy (non-hydrogen) atoms. The molecule has 10 heteroatoms. The van der Waals surface area contributed by atoms with Crippen molar-refractivity contribution < 1.29 is 18.8 Å². The third kappa shape index (κ3) is 4.83. The number of rotatable bonds is 5. The standard InChI is InChI=1S/C25H25N5O4S/c26-24-23-19(28-35(33)29-24)7-3-9-22(23)34-15-16-5-4-12-30(14-16)25(32)17-10-11-27-20(13-17)18-6-1-2-8-21(18)31/h1-3,6-11,13,16,28,31H,4-5,12,14-15H2,(H2,26,29). The molecule has 0 aliphatic carbocycles. The molecule has 1 amide bonds. The van der Waals surface area contributed by atoms with Crippen molar-refractivity contribution in [2.75, 3.05) is 24.4 Å². The molecule has 2 aliphatic rings. The number of aromatic hydroxyl groups is 1. The third-order valence-corrected chi connectivity index (χ3v) is 6.89. The van der Waals surface area contributed by atoms with Gasteiger partial charge in [0, 0.05) is 36.3 Å². The Morgan fingerprint density at radius 3 is 2.94 bits per heavy atom. The van der Waals surface area contributed by atoms with Crippen molar-refractivity contribution in [3.05, 3.63) is 71.9 Å². The summed E-state index contributed by atoms with van der Waals surface area (Å²) in [6.45, 7) is 1.64. The molecule has 2 aliphatic heterocycles. The molecular formula is C25H25N5O4S. The first-order valence-corrected chi connectivity index (χ1v) is 12.4. The molecule has 0 saturated carbocycles. The van der Waals surface area contributed by atoms with Crippen molar-refractivity contribution >= 4 is 28.6 Å². The lowest BCUT2D eigenvalue weighted by Crippen LogP contribution is -2.41. The van der Waals surface area contributed by atoms with Crippen molar-refractivity contribution in [1.29, 1.82) is 0 Å². The Bertz CT molecular complexity index is 1330. The molecular weight excluding hydrogens is 466 g/mol. The van der Waals surface area contributed by atoms with Crippen LogP contribution in [0.4, 0.5) is 5.69 Å². The summed E-state index contributed by atoms with van der Waals surface area (Å²) in [6, 6.07) is 15.7. The number of para-hydroxylation sites is 1. The number of anilines is 1. The molecule has 9 nitrogen and oxygen atoms in total. The number of hydrogen-bond donors (Lipinski definition) is 3. The second kappa shape index (κ2) is 9.75. The molecule has 1 fully saturated rings. The number of amides is 1. The van der Waals surface area contributed by atoms with Gasteiger partial charge in [0.1, 0.15) is 17.3 Å². The van der Waals surface area contributed by atoms with E-state index in [4.69, 9.17) is 10.5 Å². The van der Waals surface area contributed by atoms with Gasteiger partial charge in [-0.1, -0.05) is 18.2 Å². The second-order valence-corrected chi connectivity index (χ2v) is 9.41. The lowest BCUT2D eigenvalue weighted by molar-refractivity contribution is 0.0633.